The van der Waals surface area contributed by atoms with Gasteiger partial charge in [0.1, 0.15) is 5.75 Å². The van der Waals surface area contributed by atoms with Crippen molar-refractivity contribution < 1.29 is 21.6 Å². The van der Waals surface area contributed by atoms with Crippen molar-refractivity contribution in [2.24, 2.45) is 0 Å². The van der Waals surface area contributed by atoms with E-state index in [9.17, 15) is 16.8 Å². The van der Waals surface area contributed by atoms with Crippen molar-refractivity contribution in [3.05, 3.63) is 76.5 Å². The van der Waals surface area contributed by atoms with Crippen LogP contribution in [0.4, 0.5) is 0 Å². The van der Waals surface area contributed by atoms with Crippen molar-refractivity contribution >= 4 is 43.2 Å². The summed E-state index contributed by atoms with van der Waals surface area (Å²) in [5.74, 6) is 0.726. The second-order valence-corrected chi connectivity index (χ2v) is 11.1. The lowest BCUT2D eigenvalue weighted by atomic mass is 10.2. The molecular formula is C20H22Cl2N4O5S2. The normalized spacial score (nSPS) is 11.6. The summed E-state index contributed by atoms with van der Waals surface area (Å²) in [5, 5.41) is 0.745. The van der Waals surface area contributed by atoms with Gasteiger partial charge in [-0.25, -0.2) is 31.5 Å². The number of pyridine rings is 2. The van der Waals surface area contributed by atoms with Gasteiger partial charge in [-0.15, -0.1) is 0 Å². The number of sulfonamides is 2. The van der Waals surface area contributed by atoms with Crippen LogP contribution in [0.3, 0.4) is 0 Å². The zero-order valence-corrected chi connectivity index (χ0v) is 21.1. The third kappa shape index (κ3) is 7.63. The van der Waals surface area contributed by atoms with Gasteiger partial charge in [-0.1, -0.05) is 35.3 Å². The monoisotopic (exact) mass is 532 g/mol. The number of nitrogens with one attached hydrogen (secondary N) is 1. The molecule has 3 rings (SSSR count). The van der Waals surface area contributed by atoms with Crippen molar-refractivity contribution in [3.63, 3.8) is 0 Å². The fraction of sp³-hybridized carbons (Fsp3) is 0.200. The average molecular weight is 533 g/mol. The molecule has 0 saturated heterocycles. The Bertz CT molecular complexity index is 1250. The van der Waals surface area contributed by atoms with Crippen molar-refractivity contribution in [3.8, 4) is 5.75 Å². The second-order valence-electron chi connectivity index (χ2n) is 6.45. The maximum atomic E-state index is 12.4. The molecule has 0 atom stereocenters. The maximum absolute atomic E-state index is 12.4. The number of aromatic nitrogens is 2. The van der Waals surface area contributed by atoms with Crippen LogP contribution in [0, 0.1) is 0 Å². The van der Waals surface area contributed by atoms with Gasteiger partial charge in [0, 0.05) is 26.0 Å². The highest BCUT2D eigenvalue weighted by Gasteiger charge is 2.22. The molecule has 0 fully saturated rings. The van der Waals surface area contributed by atoms with Crippen LogP contribution >= 0.6 is 23.2 Å². The second kappa shape index (κ2) is 11.7. The van der Waals surface area contributed by atoms with Crippen LogP contribution in [0.25, 0.3) is 0 Å². The Morgan fingerprint density at radius 3 is 1.82 bits per heavy atom. The summed E-state index contributed by atoms with van der Waals surface area (Å²) in [6, 6.07) is 12.9. The minimum Gasteiger partial charge on any atom is -0.497 e. The predicted octanol–water partition coefficient (Wildman–Crippen LogP) is 3.21. The molecule has 1 aromatic carbocycles. The predicted molar refractivity (Wildman–Crippen MR) is 126 cm³/mol. The molecule has 0 saturated carbocycles. The van der Waals surface area contributed by atoms with Crippen LogP contribution < -0.4 is 9.46 Å². The lowest BCUT2D eigenvalue weighted by Gasteiger charge is -2.16. The largest absolute Gasteiger partial charge is 0.497 e. The fourth-order valence-corrected chi connectivity index (χ4v) is 4.31. The molecule has 0 radical (unpaired) electrons. The standard InChI is InChI=1S/C14H15ClN2O3S.C6H7ClN2O2S/c1-17(10-11-3-6-13(20-2)7-4-11)21(18,19)14-8-5-12(15)9-16-14;1-8-12(10,11)6-3-2-5(7)4-9-6/h3-9H,10H2,1-2H3;2-4,8H,1H3. The summed E-state index contributed by atoms with van der Waals surface area (Å²) in [6.45, 7) is 0.247. The average Bonchev–Trinajstić information content (AvgIpc) is 2.80. The molecule has 0 aliphatic carbocycles. The fourth-order valence-electron chi connectivity index (χ4n) is 2.37. The smallest absolute Gasteiger partial charge is 0.260 e. The molecule has 2 aromatic heterocycles. The molecule has 178 valence electrons. The Hall–Kier alpha value is -2.28. The first-order chi connectivity index (χ1) is 15.5. The summed E-state index contributed by atoms with van der Waals surface area (Å²) in [5.41, 5.74) is 0.857. The number of benzene rings is 1. The Morgan fingerprint density at radius 2 is 1.39 bits per heavy atom. The number of hydrogen-bond acceptors (Lipinski definition) is 7. The minimum absolute atomic E-state index is 0.0251. The van der Waals surface area contributed by atoms with Crippen LogP contribution in [0.1, 0.15) is 5.56 Å². The molecule has 1 N–H and O–H groups in total. The van der Waals surface area contributed by atoms with E-state index in [-0.39, 0.29) is 16.6 Å². The van der Waals surface area contributed by atoms with Crippen molar-refractivity contribution in [2.45, 2.75) is 16.6 Å². The number of hydrogen-bond donors (Lipinski definition) is 1. The zero-order valence-electron chi connectivity index (χ0n) is 17.9. The van der Waals surface area contributed by atoms with E-state index in [4.69, 9.17) is 27.9 Å². The Labute approximate surface area is 203 Å². The third-order valence-electron chi connectivity index (χ3n) is 4.18. The Kier molecular flexibility index (Phi) is 9.58. The number of rotatable bonds is 7. The van der Waals surface area contributed by atoms with Gasteiger partial charge in [0.2, 0.25) is 0 Å². The first kappa shape index (κ1) is 27.0. The lowest BCUT2D eigenvalue weighted by Crippen LogP contribution is -2.27. The summed E-state index contributed by atoms with van der Waals surface area (Å²) in [6.07, 6.45) is 2.60. The lowest BCUT2D eigenvalue weighted by molar-refractivity contribution is 0.414. The van der Waals surface area contributed by atoms with E-state index in [1.807, 2.05) is 12.1 Å². The molecule has 0 amide bonds. The SMILES string of the molecule is CNS(=O)(=O)c1ccc(Cl)cn1.COc1ccc(CN(C)S(=O)(=O)c2ccc(Cl)cn2)cc1. The molecule has 0 aliphatic heterocycles. The van der Waals surface area contributed by atoms with E-state index in [0.29, 0.717) is 10.0 Å². The van der Waals surface area contributed by atoms with E-state index in [1.165, 1.54) is 55.1 Å². The Morgan fingerprint density at radius 1 is 0.879 bits per heavy atom. The summed E-state index contributed by atoms with van der Waals surface area (Å²) >= 11 is 11.2. The van der Waals surface area contributed by atoms with Crippen LogP contribution in [-0.4, -0.2) is 52.3 Å². The number of methoxy groups -OCH3 is 1. The molecule has 0 spiro atoms. The maximum Gasteiger partial charge on any atom is 0.260 e. The van der Waals surface area contributed by atoms with Gasteiger partial charge < -0.3 is 4.74 Å². The highest BCUT2D eigenvalue weighted by atomic mass is 35.5. The zero-order chi connectivity index (χ0) is 24.6. The topological polar surface area (TPSA) is 119 Å². The van der Waals surface area contributed by atoms with Crippen LogP contribution in [0.2, 0.25) is 10.0 Å². The minimum atomic E-state index is -3.64. The molecule has 0 unspecified atom stereocenters. The molecule has 33 heavy (non-hydrogen) atoms. The highest BCUT2D eigenvalue weighted by Crippen LogP contribution is 2.18. The van der Waals surface area contributed by atoms with Crippen molar-refractivity contribution in [2.75, 3.05) is 21.2 Å². The summed E-state index contributed by atoms with van der Waals surface area (Å²) in [7, 11) is -2.66. The summed E-state index contributed by atoms with van der Waals surface area (Å²) in [4.78, 5) is 7.50. The van der Waals surface area contributed by atoms with Gasteiger partial charge in [0.15, 0.2) is 10.1 Å². The molecule has 13 heteroatoms. The third-order valence-corrected chi connectivity index (χ3v) is 7.68. The number of halogens is 2. The van der Waals surface area contributed by atoms with E-state index in [2.05, 4.69) is 14.7 Å². The molecular weight excluding hydrogens is 511 g/mol. The molecule has 0 bridgehead atoms. The van der Waals surface area contributed by atoms with Gasteiger partial charge >= 0.3 is 0 Å². The summed E-state index contributed by atoms with van der Waals surface area (Å²) < 4.78 is 55.4. The van der Waals surface area contributed by atoms with Gasteiger partial charge in [-0.2, -0.15) is 4.31 Å². The van der Waals surface area contributed by atoms with Crippen molar-refractivity contribution in [1.29, 1.82) is 0 Å². The van der Waals surface area contributed by atoms with Crippen LogP contribution in [0.15, 0.2) is 71.0 Å². The first-order valence-corrected chi connectivity index (χ1v) is 12.9. The quantitative estimate of drug-likeness (QED) is 0.496. The van der Waals surface area contributed by atoms with E-state index in [1.54, 1.807) is 19.2 Å². The van der Waals surface area contributed by atoms with E-state index in [0.717, 1.165) is 11.3 Å². The van der Waals surface area contributed by atoms with Gasteiger partial charge in [-0.3, -0.25) is 0 Å². The van der Waals surface area contributed by atoms with E-state index >= 15 is 0 Å². The van der Waals surface area contributed by atoms with Crippen molar-refractivity contribution in [1.82, 2.24) is 19.0 Å². The molecule has 9 nitrogen and oxygen atoms in total. The van der Waals surface area contributed by atoms with E-state index < -0.39 is 20.0 Å². The Balaban J connectivity index is 0.000000273. The molecule has 2 heterocycles. The van der Waals surface area contributed by atoms with Gasteiger partial charge in [0.25, 0.3) is 20.0 Å². The van der Waals surface area contributed by atoms with Gasteiger partial charge in [0.05, 0.1) is 17.2 Å². The highest BCUT2D eigenvalue weighted by molar-refractivity contribution is 7.89. The first-order valence-electron chi connectivity index (χ1n) is 9.25. The van der Waals surface area contributed by atoms with Crippen LogP contribution in [0.5, 0.6) is 5.75 Å². The van der Waals surface area contributed by atoms with Crippen LogP contribution in [-0.2, 0) is 26.6 Å². The molecule has 3 aromatic rings. The number of ether oxygens (including phenoxy) is 1. The number of nitrogens with zero attached hydrogens (tertiary/aromatic N) is 3. The van der Waals surface area contributed by atoms with Gasteiger partial charge in [-0.05, 0) is 49.0 Å². The molecule has 0 aliphatic rings.